The minimum atomic E-state index is 0.416. The molecule has 0 aliphatic rings. The predicted molar refractivity (Wildman–Crippen MR) is 53.8 cm³/mol. The zero-order chi connectivity index (χ0) is 9.84. The number of nitrogens with one attached hydrogen (secondary N) is 1. The Morgan fingerprint density at radius 3 is 2.23 bits per heavy atom. The summed E-state index contributed by atoms with van der Waals surface area (Å²) >= 11 is 0. The lowest BCUT2D eigenvalue weighted by atomic mass is 10.0. The van der Waals surface area contributed by atoms with Gasteiger partial charge in [-0.15, -0.1) is 0 Å². The summed E-state index contributed by atoms with van der Waals surface area (Å²) in [5.74, 6) is 2.94. The number of aromatic nitrogens is 3. The smallest absolute Gasteiger partial charge is 0.153 e. The topological polar surface area (TPSA) is 41.6 Å². The third kappa shape index (κ3) is 2.29. The molecule has 0 aliphatic carbocycles. The maximum atomic E-state index is 4.49. The first kappa shape index (κ1) is 10.2. The van der Waals surface area contributed by atoms with E-state index in [0.717, 1.165) is 24.5 Å². The molecule has 1 aromatic heterocycles. The highest BCUT2D eigenvalue weighted by Crippen LogP contribution is 2.20. The van der Waals surface area contributed by atoms with Crippen molar-refractivity contribution in [3.8, 4) is 0 Å². The molecule has 1 aromatic rings. The molecule has 0 saturated heterocycles. The Kier molecular flexibility index (Phi) is 3.46. The molecular weight excluding hydrogens is 162 g/mol. The van der Waals surface area contributed by atoms with Crippen LogP contribution in [-0.4, -0.2) is 15.2 Å². The summed E-state index contributed by atoms with van der Waals surface area (Å²) in [6, 6.07) is 0. The molecule has 0 amide bonds. The zero-order valence-corrected chi connectivity index (χ0v) is 8.96. The number of hydrogen-bond donors (Lipinski definition) is 1. The minimum absolute atomic E-state index is 0.416. The zero-order valence-electron chi connectivity index (χ0n) is 8.96. The number of nitrogens with zero attached hydrogens (tertiary/aromatic N) is 2. The van der Waals surface area contributed by atoms with Crippen molar-refractivity contribution in [3.05, 3.63) is 11.6 Å². The molecule has 74 valence electrons. The van der Waals surface area contributed by atoms with Crippen LogP contribution in [0.3, 0.4) is 0 Å². The minimum Gasteiger partial charge on any atom is -0.263 e. The fourth-order valence-electron chi connectivity index (χ4n) is 1.40. The van der Waals surface area contributed by atoms with Crippen molar-refractivity contribution in [2.45, 2.75) is 52.4 Å². The van der Waals surface area contributed by atoms with Crippen molar-refractivity contribution in [2.24, 2.45) is 0 Å². The van der Waals surface area contributed by atoms with E-state index in [-0.39, 0.29) is 0 Å². The predicted octanol–water partition coefficient (Wildman–Crippen LogP) is 2.83. The third-order valence-corrected chi connectivity index (χ3v) is 2.41. The monoisotopic (exact) mass is 181 g/mol. The Morgan fingerprint density at radius 2 is 1.85 bits per heavy atom. The highest BCUT2D eigenvalue weighted by molar-refractivity contribution is 4.99. The molecule has 1 rings (SSSR count). The molecule has 0 unspecified atom stereocenters. The first-order chi connectivity index (χ1) is 6.19. The van der Waals surface area contributed by atoms with Crippen LogP contribution in [0.5, 0.6) is 0 Å². The van der Waals surface area contributed by atoms with E-state index < -0.39 is 0 Å². The lowest BCUT2D eigenvalue weighted by Gasteiger charge is -2.06. The molecule has 1 heterocycles. The van der Waals surface area contributed by atoms with Gasteiger partial charge in [0, 0.05) is 11.8 Å². The van der Waals surface area contributed by atoms with Gasteiger partial charge in [-0.05, 0) is 12.8 Å². The summed E-state index contributed by atoms with van der Waals surface area (Å²) in [6.45, 7) is 8.59. The van der Waals surface area contributed by atoms with Crippen LogP contribution in [-0.2, 0) is 0 Å². The van der Waals surface area contributed by atoms with Gasteiger partial charge in [-0.1, -0.05) is 27.7 Å². The lowest BCUT2D eigenvalue weighted by Crippen LogP contribution is -1.98. The van der Waals surface area contributed by atoms with E-state index in [2.05, 4.69) is 42.9 Å². The number of H-pyrrole nitrogens is 1. The van der Waals surface area contributed by atoms with Crippen LogP contribution >= 0.6 is 0 Å². The van der Waals surface area contributed by atoms with Gasteiger partial charge in [-0.25, -0.2) is 4.98 Å². The van der Waals surface area contributed by atoms with Crippen LogP contribution in [0.25, 0.3) is 0 Å². The Bertz CT molecular complexity index is 248. The molecule has 1 N–H and O–H groups in total. The molecule has 3 heteroatoms. The highest BCUT2D eigenvalue weighted by atomic mass is 15.2. The normalized spacial score (nSPS) is 11.5. The van der Waals surface area contributed by atoms with Gasteiger partial charge >= 0.3 is 0 Å². The number of hydrogen-bond acceptors (Lipinski definition) is 2. The van der Waals surface area contributed by atoms with Crippen molar-refractivity contribution in [1.29, 1.82) is 0 Å². The van der Waals surface area contributed by atoms with E-state index >= 15 is 0 Å². The van der Waals surface area contributed by atoms with Crippen LogP contribution in [0.4, 0.5) is 0 Å². The van der Waals surface area contributed by atoms with Crippen molar-refractivity contribution >= 4 is 0 Å². The van der Waals surface area contributed by atoms with Crippen LogP contribution in [0.1, 0.15) is 64.0 Å². The average molecular weight is 181 g/mol. The average Bonchev–Trinajstić information content (AvgIpc) is 2.56. The van der Waals surface area contributed by atoms with Gasteiger partial charge in [-0.3, -0.25) is 5.10 Å². The molecular formula is C10H19N3. The largest absolute Gasteiger partial charge is 0.263 e. The molecule has 13 heavy (non-hydrogen) atoms. The third-order valence-electron chi connectivity index (χ3n) is 2.41. The summed E-state index contributed by atoms with van der Waals surface area (Å²) in [4.78, 5) is 4.49. The van der Waals surface area contributed by atoms with Gasteiger partial charge in [0.2, 0.25) is 0 Å². The summed E-state index contributed by atoms with van der Waals surface area (Å²) < 4.78 is 0. The summed E-state index contributed by atoms with van der Waals surface area (Å²) in [5.41, 5.74) is 0. The lowest BCUT2D eigenvalue weighted by molar-refractivity contribution is 0.603. The summed E-state index contributed by atoms with van der Waals surface area (Å²) in [6.07, 6.45) is 2.26. The first-order valence-electron chi connectivity index (χ1n) is 5.11. The van der Waals surface area contributed by atoms with E-state index in [0.29, 0.717) is 11.8 Å². The molecule has 0 fully saturated rings. The van der Waals surface area contributed by atoms with E-state index in [1.54, 1.807) is 0 Å². The maximum Gasteiger partial charge on any atom is 0.153 e. The van der Waals surface area contributed by atoms with Crippen molar-refractivity contribution in [1.82, 2.24) is 15.2 Å². The Labute approximate surface area is 80.0 Å². The number of rotatable bonds is 4. The second-order valence-corrected chi connectivity index (χ2v) is 3.75. The van der Waals surface area contributed by atoms with Crippen molar-refractivity contribution in [2.75, 3.05) is 0 Å². The summed E-state index contributed by atoms with van der Waals surface area (Å²) in [5, 5.41) is 7.22. The van der Waals surface area contributed by atoms with Crippen molar-refractivity contribution in [3.63, 3.8) is 0 Å². The molecule has 0 radical (unpaired) electrons. The fourth-order valence-corrected chi connectivity index (χ4v) is 1.40. The molecule has 0 saturated carbocycles. The van der Waals surface area contributed by atoms with Gasteiger partial charge in [0.05, 0.1) is 0 Å². The molecule has 0 aromatic carbocycles. The van der Waals surface area contributed by atoms with Crippen LogP contribution in [0.2, 0.25) is 0 Å². The number of aromatic amines is 1. The maximum absolute atomic E-state index is 4.49. The van der Waals surface area contributed by atoms with E-state index in [4.69, 9.17) is 0 Å². The van der Waals surface area contributed by atoms with Gasteiger partial charge in [0.25, 0.3) is 0 Å². The van der Waals surface area contributed by atoms with E-state index in [1.807, 2.05) is 0 Å². The standard InChI is InChI=1S/C10H19N3/c1-5-8(6-2)10-11-9(7(3)4)12-13-10/h7-8H,5-6H2,1-4H3,(H,11,12,13). The van der Waals surface area contributed by atoms with E-state index in [1.165, 1.54) is 0 Å². The Balaban J connectivity index is 2.78. The molecule has 0 atom stereocenters. The summed E-state index contributed by atoms with van der Waals surface area (Å²) in [7, 11) is 0. The SMILES string of the molecule is CCC(CC)c1nc(C(C)C)n[nH]1. The quantitative estimate of drug-likeness (QED) is 0.776. The van der Waals surface area contributed by atoms with Crippen LogP contribution in [0, 0.1) is 0 Å². The molecule has 0 spiro atoms. The second-order valence-electron chi connectivity index (χ2n) is 3.75. The molecule has 0 aliphatic heterocycles. The molecule has 3 nitrogen and oxygen atoms in total. The van der Waals surface area contributed by atoms with Gasteiger partial charge in [0.15, 0.2) is 5.82 Å². The Hall–Kier alpha value is -0.860. The van der Waals surface area contributed by atoms with Crippen molar-refractivity contribution < 1.29 is 0 Å². The van der Waals surface area contributed by atoms with Gasteiger partial charge in [-0.2, -0.15) is 5.10 Å². The van der Waals surface area contributed by atoms with Crippen LogP contribution in [0.15, 0.2) is 0 Å². The fraction of sp³-hybridized carbons (Fsp3) is 0.800. The second kappa shape index (κ2) is 4.40. The van der Waals surface area contributed by atoms with Gasteiger partial charge in [0.1, 0.15) is 5.82 Å². The van der Waals surface area contributed by atoms with Gasteiger partial charge < -0.3 is 0 Å². The van der Waals surface area contributed by atoms with Crippen LogP contribution < -0.4 is 0 Å². The first-order valence-corrected chi connectivity index (χ1v) is 5.11. The highest BCUT2D eigenvalue weighted by Gasteiger charge is 2.13. The molecule has 0 bridgehead atoms. The van der Waals surface area contributed by atoms with E-state index in [9.17, 15) is 0 Å². The Morgan fingerprint density at radius 1 is 1.23 bits per heavy atom.